The van der Waals surface area contributed by atoms with E-state index >= 15 is 0 Å². The predicted octanol–water partition coefficient (Wildman–Crippen LogP) is 1.60. The summed E-state index contributed by atoms with van der Waals surface area (Å²) in [5, 5.41) is 5.39. The summed E-state index contributed by atoms with van der Waals surface area (Å²) >= 11 is 0. The van der Waals surface area contributed by atoms with E-state index in [-0.39, 0.29) is 30.1 Å². The van der Waals surface area contributed by atoms with Crippen molar-refractivity contribution in [1.82, 2.24) is 0 Å². The molecule has 0 spiro atoms. The first-order valence-electron chi connectivity index (χ1n) is 5.41. The van der Waals surface area contributed by atoms with E-state index in [0.717, 1.165) is 0 Å². The SMILES string of the molecule is CC(=O)Nc1ccc(NC(=O)C(C)CN)cc1.Cl. The molecule has 5 nitrogen and oxygen atoms in total. The first-order valence-corrected chi connectivity index (χ1v) is 5.41. The summed E-state index contributed by atoms with van der Waals surface area (Å²) in [4.78, 5) is 22.4. The largest absolute Gasteiger partial charge is 0.330 e. The Morgan fingerprint density at radius 2 is 1.61 bits per heavy atom. The molecule has 1 aromatic carbocycles. The minimum Gasteiger partial charge on any atom is -0.330 e. The number of rotatable bonds is 4. The van der Waals surface area contributed by atoms with Gasteiger partial charge in [-0.1, -0.05) is 6.92 Å². The Bertz CT molecular complexity index is 406. The average molecular weight is 272 g/mol. The number of hydrogen-bond donors (Lipinski definition) is 3. The van der Waals surface area contributed by atoms with E-state index in [1.165, 1.54) is 6.92 Å². The standard InChI is InChI=1S/C12H17N3O2.ClH/c1-8(7-13)12(17)15-11-5-3-10(4-6-11)14-9(2)16;/h3-6,8H,7,13H2,1-2H3,(H,14,16)(H,15,17);1H. The van der Waals surface area contributed by atoms with Crippen molar-refractivity contribution in [2.24, 2.45) is 11.7 Å². The highest BCUT2D eigenvalue weighted by atomic mass is 35.5. The molecule has 0 saturated carbocycles. The molecule has 1 atom stereocenters. The smallest absolute Gasteiger partial charge is 0.228 e. The van der Waals surface area contributed by atoms with Crippen LogP contribution in [0.2, 0.25) is 0 Å². The van der Waals surface area contributed by atoms with Crippen LogP contribution in [0.1, 0.15) is 13.8 Å². The number of benzene rings is 1. The van der Waals surface area contributed by atoms with Gasteiger partial charge < -0.3 is 16.4 Å². The molecule has 0 radical (unpaired) electrons. The third-order valence-corrected chi connectivity index (χ3v) is 2.27. The van der Waals surface area contributed by atoms with E-state index in [4.69, 9.17) is 5.73 Å². The highest BCUT2D eigenvalue weighted by Crippen LogP contribution is 2.14. The molecule has 0 bridgehead atoms. The minimum atomic E-state index is -0.218. The maximum atomic E-state index is 11.5. The fourth-order valence-corrected chi connectivity index (χ4v) is 1.21. The Hall–Kier alpha value is -1.59. The van der Waals surface area contributed by atoms with Crippen LogP contribution >= 0.6 is 12.4 Å². The van der Waals surface area contributed by atoms with E-state index in [1.807, 2.05) is 0 Å². The second-order valence-corrected chi connectivity index (χ2v) is 3.88. The summed E-state index contributed by atoms with van der Waals surface area (Å²) in [6, 6.07) is 6.91. The molecule has 0 aliphatic rings. The van der Waals surface area contributed by atoms with Crippen molar-refractivity contribution in [1.29, 1.82) is 0 Å². The zero-order valence-electron chi connectivity index (χ0n) is 10.4. The molecule has 0 aliphatic carbocycles. The fraction of sp³-hybridized carbons (Fsp3) is 0.333. The average Bonchev–Trinajstić information content (AvgIpc) is 2.30. The Balaban J connectivity index is 0.00000289. The summed E-state index contributed by atoms with van der Waals surface area (Å²) < 4.78 is 0. The van der Waals surface area contributed by atoms with Crippen molar-refractivity contribution in [3.8, 4) is 0 Å². The molecule has 0 saturated heterocycles. The normalized spacial score (nSPS) is 11.1. The molecule has 6 heteroatoms. The first-order chi connectivity index (χ1) is 8.02. The Kier molecular flexibility index (Phi) is 7.00. The van der Waals surface area contributed by atoms with Crippen LogP contribution in [0.4, 0.5) is 11.4 Å². The van der Waals surface area contributed by atoms with Crippen LogP contribution < -0.4 is 16.4 Å². The summed E-state index contributed by atoms with van der Waals surface area (Å²) in [7, 11) is 0. The van der Waals surface area contributed by atoms with Gasteiger partial charge in [-0.05, 0) is 24.3 Å². The molecular weight excluding hydrogens is 254 g/mol. The van der Waals surface area contributed by atoms with Crippen molar-refractivity contribution in [2.45, 2.75) is 13.8 Å². The second kappa shape index (κ2) is 7.68. The zero-order valence-corrected chi connectivity index (χ0v) is 11.2. The molecule has 0 aromatic heterocycles. The van der Waals surface area contributed by atoms with Crippen molar-refractivity contribution in [3.05, 3.63) is 24.3 Å². The van der Waals surface area contributed by atoms with Gasteiger partial charge in [-0.3, -0.25) is 9.59 Å². The Morgan fingerprint density at radius 1 is 1.17 bits per heavy atom. The number of hydrogen-bond acceptors (Lipinski definition) is 3. The van der Waals surface area contributed by atoms with Crippen molar-refractivity contribution < 1.29 is 9.59 Å². The molecule has 0 fully saturated rings. The Labute approximate surface area is 113 Å². The molecule has 1 unspecified atom stereocenters. The van der Waals surface area contributed by atoms with Gasteiger partial charge in [0, 0.05) is 30.8 Å². The van der Waals surface area contributed by atoms with Crippen LogP contribution in [0, 0.1) is 5.92 Å². The number of carbonyl (C=O) groups is 2. The minimum absolute atomic E-state index is 0. The predicted molar refractivity (Wildman–Crippen MR) is 74.8 cm³/mol. The quantitative estimate of drug-likeness (QED) is 0.778. The third-order valence-electron chi connectivity index (χ3n) is 2.27. The molecule has 2 amide bonds. The summed E-state index contributed by atoms with van der Waals surface area (Å²) in [5.41, 5.74) is 6.78. The monoisotopic (exact) mass is 271 g/mol. The lowest BCUT2D eigenvalue weighted by molar-refractivity contribution is -0.119. The van der Waals surface area contributed by atoms with E-state index in [1.54, 1.807) is 31.2 Å². The van der Waals surface area contributed by atoms with E-state index in [2.05, 4.69) is 10.6 Å². The zero-order chi connectivity index (χ0) is 12.8. The lowest BCUT2D eigenvalue weighted by atomic mass is 10.1. The van der Waals surface area contributed by atoms with Gasteiger partial charge in [0.2, 0.25) is 11.8 Å². The van der Waals surface area contributed by atoms with Crippen LogP contribution in [0.15, 0.2) is 24.3 Å². The van der Waals surface area contributed by atoms with Gasteiger partial charge in [-0.25, -0.2) is 0 Å². The van der Waals surface area contributed by atoms with Gasteiger partial charge in [0.1, 0.15) is 0 Å². The Morgan fingerprint density at radius 3 is 2.00 bits per heavy atom. The van der Waals surface area contributed by atoms with Crippen molar-refractivity contribution >= 4 is 35.6 Å². The number of nitrogens with two attached hydrogens (primary N) is 1. The molecular formula is C12H18ClN3O2. The van der Waals surface area contributed by atoms with Crippen LogP contribution in [0.5, 0.6) is 0 Å². The fourth-order valence-electron chi connectivity index (χ4n) is 1.21. The maximum Gasteiger partial charge on any atom is 0.228 e. The highest BCUT2D eigenvalue weighted by molar-refractivity contribution is 5.93. The van der Waals surface area contributed by atoms with Gasteiger partial charge in [-0.15, -0.1) is 12.4 Å². The van der Waals surface area contributed by atoms with Gasteiger partial charge in [0.05, 0.1) is 0 Å². The van der Waals surface area contributed by atoms with Gasteiger partial charge >= 0.3 is 0 Å². The van der Waals surface area contributed by atoms with Crippen LogP contribution in [0.3, 0.4) is 0 Å². The number of nitrogens with one attached hydrogen (secondary N) is 2. The maximum absolute atomic E-state index is 11.5. The number of carbonyl (C=O) groups excluding carboxylic acids is 2. The molecule has 100 valence electrons. The molecule has 4 N–H and O–H groups in total. The van der Waals surface area contributed by atoms with Gasteiger partial charge in [0.25, 0.3) is 0 Å². The van der Waals surface area contributed by atoms with Crippen molar-refractivity contribution in [3.63, 3.8) is 0 Å². The summed E-state index contributed by atoms with van der Waals surface area (Å²) in [6.07, 6.45) is 0. The molecule has 1 rings (SSSR count). The highest BCUT2D eigenvalue weighted by Gasteiger charge is 2.10. The number of halogens is 1. The lowest BCUT2D eigenvalue weighted by Gasteiger charge is -2.10. The lowest BCUT2D eigenvalue weighted by Crippen LogP contribution is -2.26. The van der Waals surface area contributed by atoms with E-state index in [9.17, 15) is 9.59 Å². The third kappa shape index (κ3) is 5.16. The topological polar surface area (TPSA) is 84.2 Å². The first kappa shape index (κ1) is 16.4. The van der Waals surface area contributed by atoms with Crippen LogP contribution in [0.25, 0.3) is 0 Å². The summed E-state index contributed by atoms with van der Waals surface area (Å²) in [5.74, 6) is -0.455. The molecule has 0 aliphatic heterocycles. The number of anilines is 2. The second-order valence-electron chi connectivity index (χ2n) is 3.88. The van der Waals surface area contributed by atoms with Crippen LogP contribution in [-0.2, 0) is 9.59 Å². The number of amides is 2. The van der Waals surface area contributed by atoms with E-state index in [0.29, 0.717) is 17.9 Å². The summed E-state index contributed by atoms with van der Waals surface area (Å²) in [6.45, 7) is 3.52. The molecule has 18 heavy (non-hydrogen) atoms. The van der Waals surface area contributed by atoms with Crippen LogP contribution in [-0.4, -0.2) is 18.4 Å². The van der Waals surface area contributed by atoms with Gasteiger partial charge in [-0.2, -0.15) is 0 Å². The molecule has 1 aromatic rings. The van der Waals surface area contributed by atoms with Crippen molar-refractivity contribution in [2.75, 3.05) is 17.2 Å². The molecule has 0 heterocycles. The van der Waals surface area contributed by atoms with Gasteiger partial charge in [0.15, 0.2) is 0 Å². The van der Waals surface area contributed by atoms with E-state index < -0.39 is 0 Å².